The Hall–Kier alpha value is -1.07. The average molecular weight is 340 g/mol. The van der Waals surface area contributed by atoms with Crippen molar-refractivity contribution in [1.82, 2.24) is 5.32 Å². The molecule has 0 spiro atoms. The lowest BCUT2D eigenvalue weighted by molar-refractivity contribution is -0.124. The van der Waals surface area contributed by atoms with Crippen LogP contribution in [0.1, 0.15) is 13.3 Å². The van der Waals surface area contributed by atoms with E-state index in [1.165, 1.54) is 5.69 Å². The summed E-state index contributed by atoms with van der Waals surface area (Å²) >= 11 is 3.45. The van der Waals surface area contributed by atoms with Gasteiger partial charge in [0.15, 0.2) is 0 Å². The van der Waals surface area contributed by atoms with Gasteiger partial charge in [-0.1, -0.05) is 22.9 Å². The van der Waals surface area contributed by atoms with E-state index in [-0.39, 0.29) is 11.8 Å². The van der Waals surface area contributed by atoms with Gasteiger partial charge in [0.25, 0.3) is 0 Å². The minimum absolute atomic E-state index is 0.0644. The number of amides is 1. The van der Waals surface area contributed by atoms with Crippen molar-refractivity contribution in [1.29, 1.82) is 0 Å². The molecule has 1 aliphatic heterocycles. The molecular weight excluding hydrogens is 318 g/mol. The molecule has 1 aromatic carbocycles. The fraction of sp³-hybridized carbons (Fsp3) is 0.533. The van der Waals surface area contributed by atoms with E-state index >= 15 is 0 Å². The lowest BCUT2D eigenvalue weighted by Gasteiger charge is -2.19. The first-order valence-corrected chi connectivity index (χ1v) is 7.87. The molecule has 3 N–H and O–H groups in total. The molecule has 2 atom stereocenters. The minimum atomic E-state index is -0.0982. The highest BCUT2D eigenvalue weighted by Crippen LogP contribution is 2.24. The number of carbonyl (C=O) groups is 1. The van der Waals surface area contributed by atoms with Crippen LogP contribution in [0, 0.1) is 11.8 Å². The number of hydrogen-bond acceptors (Lipinski definition) is 3. The molecule has 1 heterocycles. The SMILES string of the molecule is CC(CN)C(=O)NCC1CCN(c2ccc(Br)cc2)C1. The standard InChI is InChI=1S/C15H22BrN3O/c1-11(8-17)15(20)18-9-12-6-7-19(10-12)14-4-2-13(16)3-5-14/h2-5,11-12H,6-10,17H2,1H3,(H,18,20). The quantitative estimate of drug-likeness (QED) is 0.862. The summed E-state index contributed by atoms with van der Waals surface area (Å²) in [6, 6.07) is 8.38. The topological polar surface area (TPSA) is 58.4 Å². The number of hydrogen-bond donors (Lipinski definition) is 2. The lowest BCUT2D eigenvalue weighted by atomic mass is 10.1. The van der Waals surface area contributed by atoms with E-state index in [9.17, 15) is 4.79 Å². The highest BCUT2D eigenvalue weighted by atomic mass is 79.9. The zero-order valence-corrected chi connectivity index (χ0v) is 13.4. The van der Waals surface area contributed by atoms with Crippen LogP contribution in [-0.2, 0) is 4.79 Å². The predicted octanol–water partition coefficient (Wildman–Crippen LogP) is 1.99. The van der Waals surface area contributed by atoms with Crippen LogP contribution in [0.3, 0.4) is 0 Å². The second-order valence-electron chi connectivity index (χ2n) is 5.46. The Morgan fingerprint density at radius 3 is 2.85 bits per heavy atom. The van der Waals surface area contributed by atoms with E-state index in [1.54, 1.807) is 0 Å². The zero-order valence-electron chi connectivity index (χ0n) is 11.8. The summed E-state index contributed by atoms with van der Waals surface area (Å²) in [7, 11) is 0. The number of nitrogens with two attached hydrogens (primary N) is 1. The summed E-state index contributed by atoms with van der Waals surface area (Å²) in [5.74, 6) is 0.487. The van der Waals surface area contributed by atoms with Gasteiger partial charge in [-0.2, -0.15) is 0 Å². The molecule has 0 aromatic heterocycles. The van der Waals surface area contributed by atoms with Gasteiger partial charge in [-0.3, -0.25) is 4.79 Å². The Kier molecular flexibility index (Phi) is 5.43. The summed E-state index contributed by atoms with van der Waals surface area (Å²) < 4.78 is 1.10. The van der Waals surface area contributed by atoms with Crippen LogP contribution in [0.15, 0.2) is 28.7 Å². The van der Waals surface area contributed by atoms with Crippen LogP contribution < -0.4 is 16.0 Å². The van der Waals surface area contributed by atoms with Crippen molar-refractivity contribution in [3.8, 4) is 0 Å². The first-order chi connectivity index (χ1) is 9.60. The van der Waals surface area contributed by atoms with Crippen LogP contribution in [0.5, 0.6) is 0 Å². The molecule has 0 saturated carbocycles. The molecule has 20 heavy (non-hydrogen) atoms. The molecule has 5 heteroatoms. The number of nitrogens with zero attached hydrogens (tertiary/aromatic N) is 1. The van der Waals surface area contributed by atoms with Crippen molar-refractivity contribution in [3.05, 3.63) is 28.7 Å². The maximum atomic E-state index is 11.7. The maximum absolute atomic E-state index is 11.7. The van der Waals surface area contributed by atoms with E-state index in [0.717, 1.165) is 30.5 Å². The summed E-state index contributed by atoms with van der Waals surface area (Å²) in [5, 5.41) is 3.00. The Morgan fingerprint density at radius 1 is 1.50 bits per heavy atom. The van der Waals surface area contributed by atoms with Gasteiger partial charge in [0.2, 0.25) is 5.91 Å². The molecule has 0 aliphatic carbocycles. The van der Waals surface area contributed by atoms with Crippen molar-refractivity contribution < 1.29 is 4.79 Å². The normalized spacial score (nSPS) is 19.9. The third kappa shape index (κ3) is 3.96. The summed E-state index contributed by atoms with van der Waals surface area (Å²) in [5.41, 5.74) is 6.74. The smallest absolute Gasteiger partial charge is 0.224 e. The van der Waals surface area contributed by atoms with Gasteiger partial charge < -0.3 is 16.0 Å². The summed E-state index contributed by atoms with van der Waals surface area (Å²) in [6.45, 7) is 5.06. The summed E-state index contributed by atoms with van der Waals surface area (Å²) in [4.78, 5) is 14.1. The Morgan fingerprint density at radius 2 is 2.20 bits per heavy atom. The number of halogens is 1. The van der Waals surface area contributed by atoms with E-state index < -0.39 is 0 Å². The van der Waals surface area contributed by atoms with E-state index in [1.807, 2.05) is 6.92 Å². The predicted molar refractivity (Wildman–Crippen MR) is 85.7 cm³/mol. The third-order valence-corrected chi connectivity index (χ3v) is 4.37. The average Bonchev–Trinajstić information content (AvgIpc) is 2.93. The van der Waals surface area contributed by atoms with Gasteiger partial charge >= 0.3 is 0 Å². The van der Waals surface area contributed by atoms with Gasteiger partial charge in [0.1, 0.15) is 0 Å². The number of rotatable bonds is 5. The Labute approximate surface area is 128 Å². The molecule has 0 bridgehead atoms. The second kappa shape index (κ2) is 7.09. The van der Waals surface area contributed by atoms with Gasteiger partial charge in [-0.05, 0) is 36.6 Å². The molecule has 1 aliphatic rings. The highest BCUT2D eigenvalue weighted by Gasteiger charge is 2.23. The molecule has 1 amide bonds. The van der Waals surface area contributed by atoms with E-state index in [4.69, 9.17) is 5.73 Å². The number of nitrogens with one attached hydrogen (secondary N) is 1. The molecule has 0 radical (unpaired) electrons. The van der Waals surface area contributed by atoms with Gasteiger partial charge in [0, 0.05) is 42.3 Å². The highest BCUT2D eigenvalue weighted by molar-refractivity contribution is 9.10. The second-order valence-corrected chi connectivity index (χ2v) is 6.37. The number of benzene rings is 1. The molecule has 4 nitrogen and oxygen atoms in total. The Bertz CT molecular complexity index is 449. The molecule has 2 unspecified atom stereocenters. The van der Waals surface area contributed by atoms with Crippen LogP contribution in [0.2, 0.25) is 0 Å². The Balaban J connectivity index is 1.80. The molecule has 1 saturated heterocycles. The van der Waals surface area contributed by atoms with Crippen molar-refractivity contribution in [3.63, 3.8) is 0 Å². The molecule has 1 aromatic rings. The van der Waals surface area contributed by atoms with Crippen molar-refractivity contribution in [2.75, 3.05) is 31.1 Å². The summed E-state index contributed by atoms with van der Waals surface area (Å²) in [6.07, 6.45) is 1.12. The number of carbonyl (C=O) groups excluding carboxylic acids is 1. The van der Waals surface area contributed by atoms with Crippen LogP contribution in [0.4, 0.5) is 5.69 Å². The number of anilines is 1. The minimum Gasteiger partial charge on any atom is -0.371 e. The largest absolute Gasteiger partial charge is 0.371 e. The third-order valence-electron chi connectivity index (χ3n) is 3.84. The van der Waals surface area contributed by atoms with E-state index in [2.05, 4.69) is 50.4 Å². The fourth-order valence-corrected chi connectivity index (χ4v) is 2.68. The monoisotopic (exact) mass is 339 g/mol. The zero-order chi connectivity index (χ0) is 14.5. The van der Waals surface area contributed by atoms with Crippen LogP contribution in [0.25, 0.3) is 0 Å². The van der Waals surface area contributed by atoms with E-state index in [0.29, 0.717) is 12.5 Å². The molecular formula is C15H22BrN3O. The van der Waals surface area contributed by atoms with Crippen molar-refractivity contribution in [2.45, 2.75) is 13.3 Å². The fourth-order valence-electron chi connectivity index (χ4n) is 2.41. The molecule has 2 rings (SSSR count). The molecule has 110 valence electrons. The maximum Gasteiger partial charge on any atom is 0.224 e. The van der Waals surface area contributed by atoms with Crippen molar-refractivity contribution in [2.24, 2.45) is 17.6 Å². The first kappa shape index (κ1) is 15.3. The van der Waals surface area contributed by atoms with Crippen molar-refractivity contribution >= 4 is 27.5 Å². The lowest BCUT2D eigenvalue weighted by Crippen LogP contribution is -2.36. The van der Waals surface area contributed by atoms with Gasteiger partial charge in [0.05, 0.1) is 0 Å². The molecule has 1 fully saturated rings. The van der Waals surface area contributed by atoms with Gasteiger partial charge in [-0.25, -0.2) is 0 Å². The van der Waals surface area contributed by atoms with Gasteiger partial charge in [-0.15, -0.1) is 0 Å². The van der Waals surface area contributed by atoms with Crippen LogP contribution >= 0.6 is 15.9 Å². The first-order valence-electron chi connectivity index (χ1n) is 7.08. The van der Waals surface area contributed by atoms with Crippen LogP contribution in [-0.4, -0.2) is 32.1 Å².